The Morgan fingerprint density at radius 2 is 2.23 bits per heavy atom. The van der Waals surface area contributed by atoms with Crippen LogP contribution in [0.2, 0.25) is 0 Å². The molecule has 0 aliphatic rings. The van der Waals surface area contributed by atoms with Crippen LogP contribution in [0.15, 0.2) is 16.6 Å². The van der Waals surface area contributed by atoms with Gasteiger partial charge in [-0.05, 0) is 33.6 Å². The lowest BCUT2D eigenvalue weighted by Crippen LogP contribution is -2.04. The van der Waals surface area contributed by atoms with Gasteiger partial charge in [-0.25, -0.2) is 4.39 Å². The first-order chi connectivity index (χ1) is 6.00. The van der Waals surface area contributed by atoms with Crippen LogP contribution in [-0.2, 0) is 11.2 Å². The molecule has 0 aliphatic heterocycles. The van der Waals surface area contributed by atoms with E-state index in [4.69, 9.17) is 10.8 Å². The second-order valence-electron chi connectivity index (χ2n) is 2.53. The van der Waals surface area contributed by atoms with Crippen molar-refractivity contribution in [3.05, 3.63) is 28.0 Å². The van der Waals surface area contributed by atoms with E-state index in [-0.39, 0.29) is 17.7 Å². The van der Waals surface area contributed by atoms with Crippen LogP contribution < -0.4 is 5.73 Å². The molecule has 0 radical (unpaired) electrons. The molecule has 0 saturated heterocycles. The normalized spacial score (nSPS) is 10.0. The summed E-state index contributed by atoms with van der Waals surface area (Å²) in [5.74, 6) is -1.54. The number of rotatable bonds is 2. The van der Waals surface area contributed by atoms with E-state index in [1.54, 1.807) is 0 Å². The Kier molecular flexibility index (Phi) is 2.87. The summed E-state index contributed by atoms with van der Waals surface area (Å²) in [6, 6.07) is 2.31. The SMILES string of the molecule is Nc1c(Br)cc(F)cc1CC(=O)O. The van der Waals surface area contributed by atoms with Gasteiger partial charge in [0.15, 0.2) is 0 Å². The van der Waals surface area contributed by atoms with Gasteiger partial charge in [0.1, 0.15) is 5.82 Å². The molecule has 5 heteroatoms. The lowest BCUT2D eigenvalue weighted by atomic mass is 10.1. The number of benzene rings is 1. The Balaban J connectivity index is 3.12. The van der Waals surface area contributed by atoms with Crippen LogP contribution in [0.4, 0.5) is 10.1 Å². The highest BCUT2D eigenvalue weighted by atomic mass is 79.9. The van der Waals surface area contributed by atoms with Gasteiger partial charge in [-0.1, -0.05) is 0 Å². The molecule has 1 aromatic carbocycles. The van der Waals surface area contributed by atoms with Crippen LogP contribution in [0, 0.1) is 5.82 Å². The van der Waals surface area contributed by atoms with E-state index in [1.807, 2.05) is 0 Å². The van der Waals surface area contributed by atoms with Crippen molar-refractivity contribution in [1.29, 1.82) is 0 Å². The van der Waals surface area contributed by atoms with Gasteiger partial charge in [0.25, 0.3) is 0 Å². The molecule has 0 atom stereocenters. The number of anilines is 1. The lowest BCUT2D eigenvalue weighted by molar-refractivity contribution is -0.136. The fourth-order valence-electron chi connectivity index (χ4n) is 0.947. The predicted molar refractivity (Wildman–Crippen MR) is 49.9 cm³/mol. The summed E-state index contributed by atoms with van der Waals surface area (Å²) in [5.41, 5.74) is 6.07. The van der Waals surface area contributed by atoms with E-state index in [2.05, 4.69) is 15.9 Å². The van der Waals surface area contributed by atoms with Crippen molar-refractivity contribution in [2.45, 2.75) is 6.42 Å². The quantitative estimate of drug-likeness (QED) is 0.784. The molecule has 0 aromatic heterocycles. The number of hydrogen-bond acceptors (Lipinski definition) is 2. The van der Waals surface area contributed by atoms with Crippen molar-refractivity contribution in [2.75, 3.05) is 5.73 Å². The van der Waals surface area contributed by atoms with Crippen molar-refractivity contribution in [1.82, 2.24) is 0 Å². The monoisotopic (exact) mass is 247 g/mol. The largest absolute Gasteiger partial charge is 0.481 e. The molecular weight excluding hydrogens is 241 g/mol. The van der Waals surface area contributed by atoms with E-state index in [0.29, 0.717) is 4.47 Å². The molecule has 0 amide bonds. The Bertz CT molecular complexity index is 354. The van der Waals surface area contributed by atoms with Crippen LogP contribution in [0.25, 0.3) is 0 Å². The smallest absolute Gasteiger partial charge is 0.307 e. The number of nitrogen functional groups attached to an aromatic ring is 1. The third-order valence-corrected chi connectivity index (χ3v) is 2.18. The maximum atomic E-state index is 12.8. The maximum Gasteiger partial charge on any atom is 0.307 e. The lowest BCUT2D eigenvalue weighted by Gasteiger charge is -2.04. The third kappa shape index (κ3) is 2.42. The summed E-state index contributed by atoms with van der Waals surface area (Å²) in [6.07, 6.45) is -0.276. The number of hydrogen-bond donors (Lipinski definition) is 2. The minimum atomic E-state index is -1.04. The summed E-state index contributed by atoms with van der Waals surface area (Å²) in [7, 11) is 0. The van der Waals surface area contributed by atoms with Gasteiger partial charge in [-0.2, -0.15) is 0 Å². The Morgan fingerprint density at radius 3 is 2.77 bits per heavy atom. The fourth-order valence-corrected chi connectivity index (χ4v) is 1.42. The zero-order valence-corrected chi connectivity index (χ0v) is 8.14. The Hall–Kier alpha value is -1.10. The highest BCUT2D eigenvalue weighted by molar-refractivity contribution is 9.10. The summed E-state index contributed by atoms with van der Waals surface area (Å²) < 4.78 is 13.2. The van der Waals surface area contributed by atoms with Gasteiger partial charge in [0, 0.05) is 10.2 Å². The van der Waals surface area contributed by atoms with Crippen molar-refractivity contribution >= 4 is 27.6 Å². The third-order valence-electron chi connectivity index (χ3n) is 1.52. The number of aliphatic carboxylic acids is 1. The van der Waals surface area contributed by atoms with Gasteiger partial charge in [0.2, 0.25) is 0 Å². The minimum absolute atomic E-state index is 0.267. The molecule has 3 nitrogen and oxygen atoms in total. The molecule has 0 unspecified atom stereocenters. The zero-order valence-electron chi connectivity index (χ0n) is 6.55. The van der Waals surface area contributed by atoms with Gasteiger partial charge in [-0.15, -0.1) is 0 Å². The van der Waals surface area contributed by atoms with Gasteiger partial charge < -0.3 is 10.8 Å². The van der Waals surface area contributed by atoms with Gasteiger partial charge in [-0.3, -0.25) is 4.79 Å². The van der Waals surface area contributed by atoms with E-state index in [1.165, 1.54) is 6.07 Å². The highest BCUT2D eigenvalue weighted by Gasteiger charge is 2.09. The van der Waals surface area contributed by atoms with Crippen LogP contribution in [0.5, 0.6) is 0 Å². The highest BCUT2D eigenvalue weighted by Crippen LogP contribution is 2.25. The Morgan fingerprint density at radius 1 is 1.62 bits per heavy atom. The molecule has 13 heavy (non-hydrogen) atoms. The first-order valence-electron chi connectivity index (χ1n) is 3.46. The van der Waals surface area contributed by atoms with E-state index in [9.17, 15) is 9.18 Å². The standard InChI is InChI=1S/C8H7BrFNO2/c9-6-3-5(10)1-4(8(6)11)2-7(12)13/h1,3H,2,11H2,(H,12,13). The summed E-state index contributed by atoms with van der Waals surface area (Å²) in [6.45, 7) is 0. The summed E-state index contributed by atoms with van der Waals surface area (Å²) in [5, 5.41) is 8.48. The zero-order chi connectivity index (χ0) is 10.0. The first-order valence-corrected chi connectivity index (χ1v) is 4.25. The molecule has 1 rings (SSSR count). The van der Waals surface area contributed by atoms with Crippen LogP contribution in [-0.4, -0.2) is 11.1 Å². The van der Waals surface area contributed by atoms with Crippen molar-refractivity contribution in [3.8, 4) is 0 Å². The molecular formula is C8H7BrFNO2. The average Bonchev–Trinajstić information content (AvgIpc) is 1.98. The second-order valence-corrected chi connectivity index (χ2v) is 3.39. The second kappa shape index (κ2) is 3.74. The summed E-state index contributed by atoms with van der Waals surface area (Å²) >= 11 is 3.03. The number of carboxylic acid groups (broad SMARTS) is 1. The van der Waals surface area contributed by atoms with E-state index < -0.39 is 11.8 Å². The molecule has 0 bridgehead atoms. The molecule has 70 valence electrons. The molecule has 0 spiro atoms. The topological polar surface area (TPSA) is 63.3 Å². The molecule has 1 aromatic rings. The first kappa shape index (κ1) is 9.98. The van der Waals surface area contributed by atoms with Crippen LogP contribution in [0.3, 0.4) is 0 Å². The molecule has 0 fully saturated rings. The predicted octanol–water partition coefficient (Wildman–Crippen LogP) is 1.80. The molecule has 0 saturated carbocycles. The average molecular weight is 248 g/mol. The fraction of sp³-hybridized carbons (Fsp3) is 0.125. The van der Waals surface area contributed by atoms with Crippen LogP contribution >= 0.6 is 15.9 Å². The van der Waals surface area contributed by atoms with E-state index in [0.717, 1.165) is 6.07 Å². The maximum absolute atomic E-state index is 12.8. The molecule has 3 N–H and O–H groups in total. The van der Waals surface area contributed by atoms with Crippen molar-refractivity contribution in [3.63, 3.8) is 0 Å². The van der Waals surface area contributed by atoms with Gasteiger partial charge >= 0.3 is 5.97 Å². The molecule has 0 aliphatic carbocycles. The summed E-state index contributed by atoms with van der Waals surface area (Å²) in [4.78, 5) is 10.4. The van der Waals surface area contributed by atoms with Crippen molar-refractivity contribution in [2.24, 2.45) is 0 Å². The molecule has 0 heterocycles. The van der Waals surface area contributed by atoms with Crippen molar-refractivity contribution < 1.29 is 14.3 Å². The number of halogens is 2. The number of carboxylic acids is 1. The number of carbonyl (C=O) groups is 1. The minimum Gasteiger partial charge on any atom is -0.481 e. The number of nitrogens with two attached hydrogens (primary N) is 1. The Labute approximate surface area is 82.5 Å². The van der Waals surface area contributed by atoms with Gasteiger partial charge in [0.05, 0.1) is 6.42 Å². The van der Waals surface area contributed by atoms with E-state index >= 15 is 0 Å². The van der Waals surface area contributed by atoms with Crippen LogP contribution in [0.1, 0.15) is 5.56 Å².